The van der Waals surface area contributed by atoms with Gasteiger partial charge in [0.1, 0.15) is 11.6 Å². The summed E-state index contributed by atoms with van der Waals surface area (Å²) in [4.78, 5) is 13.1. The predicted octanol–water partition coefficient (Wildman–Crippen LogP) is 2.33. The van der Waals surface area contributed by atoms with Crippen LogP contribution >= 0.6 is 24.0 Å². The zero-order valence-electron chi connectivity index (χ0n) is 9.97. The number of carbonyl (C=O) groups excluding carboxylic acids is 1. The lowest BCUT2D eigenvalue weighted by Gasteiger charge is -2.17. The highest BCUT2D eigenvalue weighted by Crippen LogP contribution is 2.20. The topological polar surface area (TPSA) is 32.3 Å². The van der Waals surface area contributed by atoms with Crippen molar-refractivity contribution in [2.24, 2.45) is 0 Å². The Morgan fingerprint density at radius 1 is 1.39 bits per heavy atom. The highest BCUT2D eigenvalue weighted by molar-refractivity contribution is 6.30. The molecule has 7 heteroatoms. The van der Waals surface area contributed by atoms with Gasteiger partial charge in [0.05, 0.1) is 10.6 Å². The number of benzene rings is 1. The first-order valence-corrected chi connectivity index (χ1v) is 5.39. The van der Waals surface area contributed by atoms with E-state index in [0.717, 1.165) is 12.1 Å². The van der Waals surface area contributed by atoms with E-state index in [-0.39, 0.29) is 23.0 Å². The zero-order chi connectivity index (χ0) is 13.0. The van der Waals surface area contributed by atoms with Crippen LogP contribution in [0.5, 0.6) is 0 Å². The Morgan fingerprint density at radius 2 is 2.00 bits per heavy atom. The third-order valence-corrected chi connectivity index (χ3v) is 2.57. The summed E-state index contributed by atoms with van der Waals surface area (Å²) >= 11 is 5.40. The van der Waals surface area contributed by atoms with Gasteiger partial charge in [-0.3, -0.25) is 4.79 Å². The summed E-state index contributed by atoms with van der Waals surface area (Å²) in [5.41, 5.74) is -0.314. The van der Waals surface area contributed by atoms with E-state index in [1.54, 1.807) is 7.05 Å². The van der Waals surface area contributed by atoms with Gasteiger partial charge in [0.25, 0.3) is 5.91 Å². The normalized spacial score (nSPS) is 9.83. The largest absolute Gasteiger partial charge is 0.340 e. The van der Waals surface area contributed by atoms with E-state index in [4.69, 9.17) is 11.6 Å². The maximum Gasteiger partial charge on any atom is 0.256 e. The van der Waals surface area contributed by atoms with Gasteiger partial charge in [-0.05, 0) is 19.2 Å². The van der Waals surface area contributed by atoms with Gasteiger partial charge in [-0.25, -0.2) is 8.78 Å². The van der Waals surface area contributed by atoms with Crippen LogP contribution in [-0.4, -0.2) is 38.0 Å². The fourth-order valence-corrected chi connectivity index (χ4v) is 1.42. The van der Waals surface area contributed by atoms with E-state index in [1.165, 1.54) is 11.9 Å². The molecule has 102 valence electrons. The third-order valence-electron chi connectivity index (χ3n) is 2.28. The Morgan fingerprint density at radius 3 is 2.56 bits per heavy atom. The lowest BCUT2D eigenvalue weighted by molar-refractivity contribution is 0.0791. The summed E-state index contributed by atoms with van der Waals surface area (Å²) < 4.78 is 26.6. The fraction of sp³-hybridized carbons (Fsp3) is 0.364. The van der Waals surface area contributed by atoms with Crippen molar-refractivity contribution in [2.75, 3.05) is 27.2 Å². The molecule has 0 spiro atoms. The Bertz CT molecular complexity index is 430. The van der Waals surface area contributed by atoms with Gasteiger partial charge in [-0.2, -0.15) is 0 Å². The average Bonchev–Trinajstić information content (AvgIpc) is 2.29. The van der Waals surface area contributed by atoms with Crippen molar-refractivity contribution in [1.82, 2.24) is 10.2 Å². The molecule has 0 atom stereocenters. The Labute approximate surface area is 116 Å². The summed E-state index contributed by atoms with van der Waals surface area (Å²) in [7, 11) is 3.26. The number of rotatable bonds is 4. The number of amides is 1. The van der Waals surface area contributed by atoms with Crippen molar-refractivity contribution >= 4 is 29.9 Å². The molecule has 18 heavy (non-hydrogen) atoms. The van der Waals surface area contributed by atoms with Crippen LogP contribution < -0.4 is 5.32 Å². The SMILES string of the molecule is CNCCN(C)C(=O)c1cc(F)c(Cl)cc1F.Cl. The molecular formula is C11H14Cl2F2N2O. The maximum atomic E-state index is 13.4. The molecular weight excluding hydrogens is 285 g/mol. The molecule has 1 amide bonds. The second-order valence-corrected chi connectivity index (χ2v) is 3.98. The van der Waals surface area contributed by atoms with Crippen molar-refractivity contribution in [3.63, 3.8) is 0 Å². The Balaban J connectivity index is 0.00000289. The van der Waals surface area contributed by atoms with Crippen LogP contribution in [-0.2, 0) is 0 Å². The number of carbonyl (C=O) groups is 1. The summed E-state index contributed by atoms with van der Waals surface area (Å²) in [6.07, 6.45) is 0. The molecule has 0 bridgehead atoms. The Kier molecular flexibility index (Phi) is 7.13. The molecule has 0 unspecified atom stereocenters. The number of halogens is 4. The number of hydrogen-bond donors (Lipinski definition) is 1. The second kappa shape index (κ2) is 7.51. The van der Waals surface area contributed by atoms with Crippen LogP contribution in [0.4, 0.5) is 8.78 Å². The van der Waals surface area contributed by atoms with Crippen LogP contribution in [0.1, 0.15) is 10.4 Å². The monoisotopic (exact) mass is 298 g/mol. The van der Waals surface area contributed by atoms with Crippen molar-refractivity contribution in [2.45, 2.75) is 0 Å². The standard InChI is InChI=1S/C11H13ClF2N2O.ClH/c1-15-3-4-16(2)11(17)7-5-10(14)8(12)6-9(7)13;/h5-6,15H,3-4H2,1-2H3;1H. The van der Waals surface area contributed by atoms with Gasteiger partial charge in [0.15, 0.2) is 0 Å². The molecule has 0 fully saturated rings. The van der Waals surface area contributed by atoms with Gasteiger partial charge in [-0.1, -0.05) is 11.6 Å². The Hall–Kier alpha value is -0.910. The van der Waals surface area contributed by atoms with Crippen LogP contribution in [0.2, 0.25) is 5.02 Å². The van der Waals surface area contributed by atoms with E-state index >= 15 is 0 Å². The molecule has 0 aliphatic carbocycles. The van der Waals surface area contributed by atoms with Gasteiger partial charge in [-0.15, -0.1) is 12.4 Å². The minimum Gasteiger partial charge on any atom is -0.340 e. The van der Waals surface area contributed by atoms with E-state index in [9.17, 15) is 13.6 Å². The minimum absolute atomic E-state index is 0. The molecule has 1 aromatic carbocycles. The lowest BCUT2D eigenvalue weighted by atomic mass is 10.2. The van der Waals surface area contributed by atoms with Gasteiger partial charge >= 0.3 is 0 Å². The van der Waals surface area contributed by atoms with Crippen molar-refractivity contribution in [1.29, 1.82) is 0 Å². The second-order valence-electron chi connectivity index (χ2n) is 3.58. The van der Waals surface area contributed by atoms with Crippen molar-refractivity contribution < 1.29 is 13.6 Å². The first kappa shape index (κ1) is 17.1. The van der Waals surface area contributed by atoms with Crippen LogP contribution in [0.25, 0.3) is 0 Å². The number of likely N-dealkylation sites (N-methyl/N-ethyl adjacent to an activating group) is 2. The molecule has 1 N–H and O–H groups in total. The van der Waals surface area contributed by atoms with Gasteiger partial charge < -0.3 is 10.2 Å². The lowest BCUT2D eigenvalue weighted by Crippen LogP contribution is -2.33. The first-order valence-electron chi connectivity index (χ1n) is 5.02. The maximum absolute atomic E-state index is 13.4. The summed E-state index contributed by atoms with van der Waals surface area (Å²) in [6.45, 7) is 0.971. The van der Waals surface area contributed by atoms with Crippen LogP contribution in [0.15, 0.2) is 12.1 Å². The molecule has 0 heterocycles. The molecule has 0 aliphatic heterocycles. The van der Waals surface area contributed by atoms with E-state index in [1.807, 2.05) is 0 Å². The minimum atomic E-state index is -0.822. The molecule has 1 aromatic rings. The molecule has 0 radical (unpaired) electrons. The molecule has 0 aliphatic rings. The number of nitrogens with zero attached hydrogens (tertiary/aromatic N) is 1. The summed E-state index contributed by atoms with van der Waals surface area (Å²) in [5.74, 6) is -2.20. The van der Waals surface area contributed by atoms with E-state index in [0.29, 0.717) is 13.1 Å². The molecule has 1 rings (SSSR count). The predicted molar refractivity (Wildman–Crippen MR) is 69.5 cm³/mol. The summed E-state index contributed by atoms with van der Waals surface area (Å²) in [5, 5.41) is 2.52. The quantitative estimate of drug-likeness (QED) is 0.866. The molecule has 0 saturated heterocycles. The molecule has 3 nitrogen and oxygen atoms in total. The van der Waals surface area contributed by atoms with E-state index < -0.39 is 17.5 Å². The molecule has 0 aromatic heterocycles. The van der Waals surface area contributed by atoms with Gasteiger partial charge in [0, 0.05) is 20.1 Å². The fourth-order valence-electron chi connectivity index (χ4n) is 1.27. The molecule has 0 saturated carbocycles. The third kappa shape index (κ3) is 4.08. The smallest absolute Gasteiger partial charge is 0.256 e. The van der Waals surface area contributed by atoms with Crippen molar-refractivity contribution in [3.8, 4) is 0 Å². The van der Waals surface area contributed by atoms with Crippen molar-refractivity contribution in [3.05, 3.63) is 34.4 Å². The van der Waals surface area contributed by atoms with Crippen LogP contribution in [0, 0.1) is 11.6 Å². The van der Waals surface area contributed by atoms with Crippen LogP contribution in [0.3, 0.4) is 0 Å². The first-order chi connectivity index (χ1) is 7.97. The highest BCUT2D eigenvalue weighted by Gasteiger charge is 2.18. The van der Waals surface area contributed by atoms with E-state index in [2.05, 4.69) is 5.32 Å². The average molecular weight is 299 g/mol. The van der Waals surface area contributed by atoms with Gasteiger partial charge in [0.2, 0.25) is 0 Å². The zero-order valence-corrected chi connectivity index (χ0v) is 11.5. The summed E-state index contributed by atoms with van der Waals surface area (Å²) in [6, 6.07) is 1.62. The number of nitrogens with one attached hydrogen (secondary N) is 1. The number of hydrogen-bond acceptors (Lipinski definition) is 2. The highest BCUT2D eigenvalue weighted by atomic mass is 35.5.